The lowest BCUT2D eigenvalue weighted by Crippen LogP contribution is -2.15. The summed E-state index contributed by atoms with van der Waals surface area (Å²) in [6.45, 7) is 6.60. The smallest absolute Gasteiger partial charge is 0.182 e. The van der Waals surface area contributed by atoms with Gasteiger partial charge in [-0.1, -0.05) is 32.4 Å². The van der Waals surface area contributed by atoms with Crippen molar-refractivity contribution in [2.24, 2.45) is 5.41 Å². The molecule has 0 heterocycles. The molecule has 14 heavy (non-hydrogen) atoms. The van der Waals surface area contributed by atoms with Gasteiger partial charge in [0.15, 0.2) is 11.1 Å². The van der Waals surface area contributed by atoms with E-state index in [0.717, 1.165) is 19.3 Å². The van der Waals surface area contributed by atoms with Gasteiger partial charge in [0.25, 0.3) is 0 Å². The lowest BCUT2D eigenvalue weighted by Gasteiger charge is -2.28. The van der Waals surface area contributed by atoms with Crippen LogP contribution < -0.4 is 0 Å². The van der Waals surface area contributed by atoms with Crippen LogP contribution in [-0.4, -0.2) is 8.76 Å². The molecule has 2 nitrogen and oxygen atoms in total. The second kappa shape index (κ2) is 4.41. The minimum Gasteiger partial charge on any atom is -0.302 e. The molecule has 3 heteroatoms. The van der Waals surface area contributed by atoms with E-state index in [2.05, 4.69) is 20.8 Å². The minimum absolute atomic E-state index is 0.221. The van der Waals surface area contributed by atoms with Gasteiger partial charge in [0.2, 0.25) is 0 Å². The highest BCUT2D eigenvalue weighted by Gasteiger charge is 2.23. The fraction of sp³-hybridized carbons (Fsp3) is 0.636. The van der Waals surface area contributed by atoms with Crippen molar-refractivity contribution in [3.63, 3.8) is 0 Å². The van der Waals surface area contributed by atoms with Crippen LogP contribution in [0.25, 0.3) is 0 Å². The zero-order valence-electron chi connectivity index (χ0n) is 9.04. The topological polar surface area (TPSA) is 37.3 Å². The van der Waals surface area contributed by atoms with Crippen molar-refractivity contribution >= 4 is 11.1 Å². The van der Waals surface area contributed by atoms with Crippen LogP contribution in [0.1, 0.15) is 40.0 Å². The molecule has 0 fully saturated rings. The Kier molecular flexibility index (Phi) is 3.67. The summed E-state index contributed by atoms with van der Waals surface area (Å²) in [6.07, 6.45) is 6.55. The van der Waals surface area contributed by atoms with Crippen molar-refractivity contribution in [2.45, 2.75) is 40.0 Å². The van der Waals surface area contributed by atoms with E-state index in [9.17, 15) is 4.21 Å². The second-order valence-electron chi connectivity index (χ2n) is 4.31. The zero-order chi connectivity index (χ0) is 10.8. The molecule has 0 saturated heterocycles. The molecule has 1 atom stereocenters. The molecule has 0 aliphatic heterocycles. The summed E-state index contributed by atoms with van der Waals surface area (Å²) in [5.41, 5.74) is 1.60. The fourth-order valence-electron chi connectivity index (χ4n) is 1.55. The molecule has 1 aliphatic carbocycles. The summed E-state index contributed by atoms with van der Waals surface area (Å²) in [5.74, 6) is 0. The lowest BCUT2D eigenvalue weighted by molar-refractivity contribution is 0.412. The van der Waals surface area contributed by atoms with Crippen LogP contribution in [0, 0.1) is 5.41 Å². The van der Waals surface area contributed by atoms with Gasteiger partial charge >= 0.3 is 0 Å². The van der Waals surface area contributed by atoms with E-state index in [1.165, 1.54) is 5.57 Å². The first-order valence-corrected chi connectivity index (χ1v) is 6.09. The first-order valence-electron chi connectivity index (χ1n) is 4.98. The largest absolute Gasteiger partial charge is 0.302 e. The Bertz CT molecular complexity index is 300. The monoisotopic (exact) mass is 214 g/mol. The van der Waals surface area contributed by atoms with Gasteiger partial charge in [-0.3, -0.25) is 0 Å². The standard InChI is InChI=1S/C11H18O2S/c1-4-11(2,3)9-5-7-10(8-6-9)14(12)13/h5,7H,4,6,8H2,1-3H3,(H,12,13). The fourth-order valence-corrected chi connectivity index (χ4v) is 2.02. The molecule has 0 amide bonds. The Balaban J connectivity index is 2.83. The molecule has 1 N–H and O–H groups in total. The van der Waals surface area contributed by atoms with Gasteiger partial charge < -0.3 is 4.55 Å². The van der Waals surface area contributed by atoms with Gasteiger partial charge in [-0.2, -0.15) is 0 Å². The summed E-state index contributed by atoms with van der Waals surface area (Å²) in [5, 5.41) is 0. The lowest BCUT2D eigenvalue weighted by atomic mass is 9.78. The molecule has 1 aliphatic rings. The summed E-state index contributed by atoms with van der Waals surface area (Å²) < 4.78 is 19.7. The van der Waals surface area contributed by atoms with Crippen LogP contribution in [0.4, 0.5) is 0 Å². The van der Waals surface area contributed by atoms with Gasteiger partial charge in [-0.05, 0) is 30.8 Å². The summed E-state index contributed by atoms with van der Waals surface area (Å²) in [4.78, 5) is 0.639. The Morgan fingerprint density at radius 3 is 2.43 bits per heavy atom. The Hall–Kier alpha value is -0.410. The molecule has 0 radical (unpaired) electrons. The normalized spacial score (nSPS) is 20.0. The molecule has 0 spiro atoms. The summed E-state index contributed by atoms with van der Waals surface area (Å²) in [7, 11) is 0. The highest BCUT2D eigenvalue weighted by atomic mass is 32.2. The Labute approximate surface area is 88.4 Å². The van der Waals surface area contributed by atoms with Crippen molar-refractivity contribution in [3.05, 3.63) is 22.6 Å². The molecule has 0 saturated carbocycles. The van der Waals surface area contributed by atoms with Gasteiger partial charge in [-0.25, -0.2) is 4.21 Å². The molecule has 80 valence electrons. The predicted octanol–water partition coefficient (Wildman–Crippen LogP) is 3.25. The van der Waals surface area contributed by atoms with Gasteiger partial charge in [-0.15, -0.1) is 0 Å². The quantitative estimate of drug-likeness (QED) is 0.732. The van der Waals surface area contributed by atoms with Crippen LogP contribution in [0.15, 0.2) is 22.6 Å². The van der Waals surface area contributed by atoms with Gasteiger partial charge in [0, 0.05) is 4.91 Å². The maximum Gasteiger partial charge on any atom is 0.182 e. The molecule has 1 unspecified atom stereocenters. The van der Waals surface area contributed by atoms with E-state index >= 15 is 0 Å². The molecular formula is C11H18O2S. The summed E-state index contributed by atoms with van der Waals surface area (Å²) >= 11 is -1.78. The molecule has 0 aromatic heterocycles. The van der Waals surface area contributed by atoms with Crippen LogP contribution in [0.2, 0.25) is 0 Å². The zero-order valence-corrected chi connectivity index (χ0v) is 9.86. The van der Waals surface area contributed by atoms with Gasteiger partial charge in [0.1, 0.15) is 0 Å². The SMILES string of the molecule is CCC(C)(C)C1=CC=C(S(=O)O)CC1. The minimum atomic E-state index is -1.78. The number of rotatable bonds is 3. The number of hydrogen-bond donors (Lipinski definition) is 1. The molecule has 0 aromatic carbocycles. The number of allylic oxidation sites excluding steroid dienone is 4. The molecule has 1 rings (SSSR count). The average molecular weight is 214 g/mol. The van der Waals surface area contributed by atoms with Crippen LogP contribution in [0.5, 0.6) is 0 Å². The van der Waals surface area contributed by atoms with Crippen molar-refractivity contribution in [3.8, 4) is 0 Å². The van der Waals surface area contributed by atoms with Crippen molar-refractivity contribution < 1.29 is 8.76 Å². The van der Waals surface area contributed by atoms with E-state index in [0.29, 0.717) is 4.91 Å². The summed E-state index contributed by atoms with van der Waals surface area (Å²) in [6, 6.07) is 0. The van der Waals surface area contributed by atoms with Crippen LogP contribution in [0.3, 0.4) is 0 Å². The van der Waals surface area contributed by atoms with E-state index in [-0.39, 0.29) is 5.41 Å². The predicted molar refractivity (Wildman–Crippen MR) is 60.2 cm³/mol. The first kappa shape index (κ1) is 11.7. The van der Waals surface area contributed by atoms with E-state index in [4.69, 9.17) is 4.55 Å². The van der Waals surface area contributed by atoms with Crippen molar-refractivity contribution in [2.75, 3.05) is 0 Å². The first-order chi connectivity index (χ1) is 6.47. The maximum atomic E-state index is 10.8. The van der Waals surface area contributed by atoms with E-state index < -0.39 is 11.1 Å². The van der Waals surface area contributed by atoms with Gasteiger partial charge in [0.05, 0.1) is 0 Å². The Morgan fingerprint density at radius 2 is 2.07 bits per heavy atom. The third-order valence-electron chi connectivity index (χ3n) is 3.09. The van der Waals surface area contributed by atoms with Crippen molar-refractivity contribution in [1.82, 2.24) is 0 Å². The highest BCUT2D eigenvalue weighted by Crippen LogP contribution is 2.36. The maximum absolute atomic E-state index is 10.8. The van der Waals surface area contributed by atoms with E-state index in [1.807, 2.05) is 6.08 Å². The number of hydrogen-bond acceptors (Lipinski definition) is 1. The average Bonchev–Trinajstić information content (AvgIpc) is 2.18. The van der Waals surface area contributed by atoms with E-state index in [1.54, 1.807) is 6.08 Å². The molecule has 0 aromatic rings. The second-order valence-corrected chi connectivity index (χ2v) is 5.33. The van der Waals surface area contributed by atoms with Crippen LogP contribution in [-0.2, 0) is 11.1 Å². The molecular weight excluding hydrogens is 196 g/mol. The Morgan fingerprint density at radius 1 is 1.43 bits per heavy atom. The van der Waals surface area contributed by atoms with Crippen LogP contribution >= 0.6 is 0 Å². The third kappa shape index (κ3) is 2.55. The molecule has 0 bridgehead atoms. The third-order valence-corrected chi connectivity index (χ3v) is 3.88. The van der Waals surface area contributed by atoms with Crippen molar-refractivity contribution in [1.29, 1.82) is 0 Å². The highest BCUT2D eigenvalue weighted by molar-refractivity contribution is 7.83.